The van der Waals surface area contributed by atoms with E-state index in [1.54, 1.807) is 4.90 Å². The highest BCUT2D eigenvalue weighted by atomic mass is 16.2. The van der Waals surface area contributed by atoms with E-state index in [1.807, 2.05) is 53.6 Å². The normalized spacial score (nSPS) is 12.9. The standard InChI is InChI=1S/C34H39N3O2/c1-2-3-5-10-26-15-17-28(18-16-26)34(39)37(30-19-20-30)25-33(38)36(24-27-11-6-4-7-12-27)22-21-29-23-35-32-14-9-8-13-31(29)32/h4,6-9,11-18,23,30,35H,2-3,5,10,19-22,24-25H2,1H3. The minimum atomic E-state index is -0.0396. The van der Waals surface area contributed by atoms with Gasteiger partial charge in [0.2, 0.25) is 5.91 Å². The lowest BCUT2D eigenvalue weighted by Gasteiger charge is -2.28. The molecule has 1 aromatic heterocycles. The molecule has 1 fully saturated rings. The number of carbonyl (C=O) groups excluding carboxylic acids is 2. The van der Waals surface area contributed by atoms with E-state index in [-0.39, 0.29) is 24.4 Å². The highest BCUT2D eigenvalue weighted by Gasteiger charge is 2.35. The number of hydrogen-bond donors (Lipinski definition) is 1. The Hall–Kier alpha value is -3.86. The fourth-order valence-corrected chi connectivity index (χ4v) is 5.25. The van der Waals surface area contributed by atoms with Crippen LogP contribution in [0.2, 0.25) is 0 Å². The molecule has 1 aliphatic rings. The number of nitrogens with one attached hydrogen (secondary N) is 1. The van der Waals surface area contributed by atoms with Crippen molar-refractivity contribution in [2.75, 3.05) is 13.1 Å². The average molecular weight is 522 g/mol. The van der Waals surface area contributed by atoms with Gasteiger partial charge in [0.05, 0.1) is 0 Å². The monoisotopic (exact) mass is 521 g/mol. The second-order valence-electron chi connectivity index (χ2n) is 10.7. The molecule has 5 nitrogen and oxygen atoms in total. The quantitative estimate of drug-likeness (QED) is 0.197. The summed E-state index contributed by atoms with van der Waals surface area (Å²) in [6.07, 6.45) is 9.34. The van der Waals surface area contributed by atoms with Crippen LogP contribution in [0.15, 0.2) is 85.1 Å². The van der Waals surface area contributed by atoms with E-state index in [0.29, 0.717) is 18.7 Å². The van der Waals surface area contributed by atoms with Crippen molar-refractivity contribution in [3.63, 3.8) is 0 Å². The van der Waals surface area contributed by atoms with E-state index in [0.717, 1.165) is 36.8 Å². The molecule has 0 atom stereocenters. The van der Waals surface area contributed by atoms with E-state index in [9.17, 15) is 9.59 Å². The van der Waals surface area contributed by atoms with E-state index in [4.69, 9.17) is 0 Å². The number of aromatic amines is 1. The number of fused-ring (bicyclic) bond motifs is 1. The number of para-hydroxylation sites is 1. The van der Waals surface area contributed by atoms with Crippen molar-refractivity contribution in [3.8, 4) is 0 Å². The maximum Gasteiger partial charge on any atom is 0.254 e. The molecule has 2 amide bonds. The third-order valence-corrected chi connectivity index (χ3v) is 7.72. The first-order valence-corrected chi connectivity index (χ1v) is 14.4. The van der Waals surface area contributed by atoms with Gasteiger partial charge >= 0.3 is 0 Å². The maximum absolute atomic E-state index is 13.8. The van der Waals surface area contributed by atoms with E-state index in [2.05, 4.69) is 48.3 Å². The van der Waals surface area contributed by atoms with Crippen molar-refractivity contribution in [1.29, 1.82) is 0 Å². The molecule has 0 saturated heterocycles. The molecular weight excluding hydrogens is 482 g/mol. The van der Waals surface area contributed by atoms with Gasteiger partial charge in [-0.05, 0) is 67.0 Å². The van der Waals surface area contributed by atoms with Crippen LogP contribution in [0, 0.1) is 0 Å². The lowest BCUT2D eigenvalue weighted by Crippen LogP contribution is -2.44. The third-order valence-electron chi connectivity index (χ3n) is 7.72. The Kier molecular flexibility index (Phi) is 8.77. The summed E-state index contributed by atoms with van der Waals surface area (Å²) < 4.78 is 0. The van der Waals surface area contributed by atoms with Crippen molar-refractivity contribution < 1.29 is 9.59 Å². The molecule has 1 heterocycles. The summed E-state index contributed by atoms with van der Waals surface area (Å²) in [6.45, 7) is 3.44. The van der Waals surface area contributed by atoms with E-state index in [1.165, 1.54) is 35.8 Å². The number of rotatable bonds is 13. The third kappa shape index (κ3) is 6.97. The first kappa shape index (κ1) is 26.7. The van der Waals surface area contributed by atoms with Gasteiger partial charge in [-0.25, -0.2) is 0 Å². The Bertz CT molecular complexity index is 1370. The molecule has 5 rings (SSSR count). The number of nitrogens with zero attached hydrogens (tertiary/aromatic N) is 2. The van der Waals surface area contributed by atoms with E-state index >= 15 is 0 Å². The Morgan fingerprint density at radius 1 is 0.846 bits per heavy atom. The molecule has 0 radical (unpaired) electrons. The summed E-state index contributed by atoms with van der Waals surface area (Å²) in [5.74, 6) is -0.0441. The van der Waals surface area contributed by atoms with Gasteiger partial charge in [0.25, 0.3) is 5.91 Å². The zero-order chi connectivity index (χ0) is 27.0. The largest absolute Gasteiger partial charge is 0.361 e. The number of aromatic nitrogens is 1. The summed E-state index contributed by atoms with van der Waals surface area (Å²) in [6, 6.07) is 26.5. The summed E-state index contributed by atoms with van der Waals surface area (Å²) in [5.41, 5.74) is 5.33. The molecule has 0 spiro atoms. The number of amides is 2. The van der Waals surface area contributed by atoms with Crippen LogP contribution in [0.1, 0.15) is 66.1 Å². The Morgan fingerprint density at radius 3 is 2.33 bits per heavy atom. The molecule has 5 heteroatoms. The van der Waals surface area contributed by atoms with Crippen LogP contribution in [0.25, 0.3) is 10.9 Å². The molecular formula is C34H39N3O2. The van der Waals surface area contributed by atoms with Crippen molar-refractivity contribution >= 4 is 22.7 Å². The van der Waals surface area contributed by atoms with Gasteiger partial charge in [-0.1, -0.05) is 80.4 Å². The molecule has 202 valence electrons. The second kappa shape index (κ2) is 12.8. The molecule has 0 aliphatic heterocycles. The summed E-state index contributed by atoms with van der Waals surface area (Å²) in [7, 11) is 0. The lowest BCUT2D eigenvalue weighted by atomic mass is 10.0. The number of hydrogen-bond acceptors (Lipinski definition) is 2. The van der Waals surface area contributed by atoms with Crippen LogP contribution in [-0.2, 0) is 24.2 Å². The summed E-state index contributed by atoms with van der Waals surface area (Å²) in [4.78, 5) is 34.4. The molecule has 0 unspecified atom stereocenters. The van der Waals surface area contributed by atoms with Gasteiger partial charge in [0.1, 0.15) is 6.54 Å². The Labute approximate surface area is 231 Å². The number of carbonyl (C=O) groups is 2. The fourth-order valence-electron chi connectivity index (χ4n) is 5.25. The molecule has 1 saturated carbocycles. The van der Waals surface area contributed by atoms with Gasteiger partial charge in [-0.3, -0.25) is 9.59 Å². The summed E-state index contributed by atoms with van der Waals surface area (Å²) >= 11 is 0. The lowest BCUT2D eigenvalue weighted by molar-refractivity contribution is -0.132. The zero-order valence-electron chi connectivity index (χ0n) is 22.9. The second-order valence-corrected chi connectivity index (χ2v) is 10.7. The molecule has 39 heavy (non-hydrogen) atoms. The topological polar surface area (TPSA) is 56.4 Å². The Balaban J connectivity index is 1.29. The highest BCUT2D eigenvalue weighted by molar-refractivity contribution is 5.97. The highest BCUT2D eigenvalue weighted by Crippen LogP contribution is 2.29. The smallest absolute Gasteiger partial charge is 0.254 e. The van der Waals surface area contributed by atoms with E-state index < -0.39 is 0 Å². The maximum atomic E-state index is 13.8. The SMILES string of the molecule is CCCCCc1ccc(C(=O)N(CC(=O)N(CCc2c[nH]c3ccccc23)Cc2ccccc2)C2CC2)cc1. The van der Waals surface area contributed by atoms with Crippen LogP contribution in [0.4, 0.5) is 0 Å². The average Bonchev–Trinajstić information content (AvgIpc) is 3.74. The number of aryl methyl sites for hydroxylation is 1. The fraction of sp³-hybridized carbons (Fsp3) is 0.353. The minimum absolute atomic E-state index is 0.00451. The van der Waals surface area contributed by atoms with Crippen LogP contribution in [0.3, 0.4) is 0 Å². The molecule has 4 aromatic rings. The minimum Gasteiger partial charge on any atom is -0.361 e. The van der Waals surface area contributed by atoms with Crippen LogP contribution in [-0.4, -0.2) is 45.7 Å². The van der Waals surface area contributed by atoms with Crippen LogP contribution < -0.4 is 0 Å². The van der Waals surface area contributed by atoms with Gasteiger partial charge in [-0.15, -0.1) is 0 Å². The van der Waals surface area contributed by atoms with Gasteiger partial charge < -0.3 is 14.8 Å². The van der Waals surface area contributed by atoms with Gasteiger partial charge in [0.15, 0.2) is 0 Å². The molecule has 3 aromatic carbocycles. The van der Waals surface area contributed by atoms with Crippen LogP contribution in [0.5, 0.6) is 0 Å². The van der Waals surface area contributed by atoms with Crippen LogP contribution >= 0.6 is 0 Å². The number of benzene rings is 3. The zero-order valence-corrected chi connectivity index (χ0v) is 22.9. The van der Waals surface area contributed by atoms with Crippen molar-refractivity contribution in [2.24, 2.45) is 0 Å². The number of H-pyrrole nitrogens is 1. The first-order valence-electron chi connectivity index (χ1n) is 14.4. The molecule has 0 bridgehead atoms. The number of unbranched alkanes of at least 4 members (excludes halogenated alkanes) is 2. The molecule has 1 aliphatic carbocycles. The van der Waals surface area contributed by atoms with Crippen molar-refractivity contribution in [3.05, 3.63) is 107 Å². The first-order chi connectivity index (χ1) is 19.1. The predicted octanol–water partition coefficient (Wildman–Crippen LogP) is 6.78. The van der Waals surface area contributed by atoms with Gasteiger partial charge in [-0.2, -0.15) is 0 Å². The molecule has 1 N–H and O–H groups in total. The summed E-state index contributed by atoms with van der Waals surface area (Å²) in [5, 5.41) is 1.19. The Morgan fingerprint density at radius 2 is 1.59 bits per heavy atom. The van der Waals surface area contributed by atoms with Gasteiger partial charge in [0, 0.05) is 41.8 Å². The van der Waals surface area contributed by atoms with Crippen molar-refractivity contribution in [1.82, 2.24) is 14.8 Å². The van der Waals surface area contributed by atoms with Crippen molar-refractivity contribution in [2.45, 2.75) is 64.5 Å². The predicted molar refractivity (Wildman–Crippen MR) is 158 cm³/mol.